The zero-order chi connectivity index (χ0) is 24.5. The zero-order valence-corrected chi connectivity index (χ0v) is 19.7. The van der Waals surface area contributed by atoms with Crippen LogP contribution < -0.4 is 0 Å². The average Bonchev–Trinajstić information content (AvgIpc) is 3.45. The van der Waals surface area contributed by atoms with Crippen molar-refractivity contribution >= 4 is 22.6 Å². The molecule has 4 heterocycles. The van der Waals surface area contributed by atoms with Crippen molar-refractivity contribution in [3.8, 4) is 11.3 Å². The first-order valence-electron chi connectivity index (χ1n) is 11.5. The lowest BCUT2D eigenvalue weighted by Crippen LogP contribution is -2.48. The predicted octanol–water partition coefficient (Wildman–Crippen LogP) is 2.17. The maximum atomic E-state index is 14.8. The fourth-order valence-electron chi connectivity index (χ4n) is 4.22. The molecule has 10 heteroatoms. The first kappa shape index (κ1) is 22.9. The van der Waals surface area contributed by atoms with E-state index in [1.54, 1.807) is 41.3 Å². The van der Waals surface area contributed by atoms with Gasteiger partial charge in [-0.05, 0) is 30.8 Å². The minimum atomic E-state index is -0.509. The Morgan fingerprint density at radius 3 is 2.60 bits per heavy atom. The van der Waals surface area contributed by atoms with Crippen molar-refractivity contribution < 1.29 is 14.0 Å². The third-order valence-electron chi connectivity index (χ3n) is 6.26. The summed E-state index contributed by atoms with van der Waals surface area (Å²) in [6.45, 7) is 3.16. The number of aryl methyl sites for hydroxylation is 1. The number of hydrogen-bond donors (Lipinski definition) is 0. The molecule has 180 valence electrons. The summed E-state index contributed by atoms with van der Waals surface area (Å²) in [6, 6.07) is 8.12. The first-order chi connectivity index (χ1) is 16.9. The van der Waals surface area contributed by atoms with E-state index >= 15 is 0 Å². The molecule has 0 bridgehead atoms. The topological polar surface area (TPSA) is 89.1 Å². The molecular weight excluding hydrogens is 449 g/mol. The van der Waals surface area contributed by atoms with Crippen LogP contribution in [-0.4, -0.2) is 79.3 Å². The molecule has 0 unspecified atom stereocenters. The van der Waals surface area contributed by atoms with Crippen molar-refractivity contribution in [2.45, 2.75) is 13.0 Å². The van der Waals surface area contributed by atoms with E-state index in [9.17, 15) is 14.0 Å². The molecule has 4 aromatic rings. The molecule has 0 saturated carbocycles. The van der Waals surface area contributed by atoms with E-state index in [2.05, 4.69) is 20.1 Å². The highest BCUT2D eigenvalue weighted by atomic mass is 19.1. The van der Waals surface area contributed by atoms with Gasteiger partial charge in [0.2, 0.25) is 5.91 Å². The van der Waals surface area contributed by atoms with E-state index in [1.807, 2.05) is 25.2 Å². The fourth-order valence-corrected chi connectivity index (χ4v) is 4.22. The second-order valence-electron chi connectivity index (χ2n) is 8.92. The number of Topliss-reactive ketones (excluding diaryl/α,β-unsaturated/α-hetero) is 1. The summed E-state index contributed by atoms with van der Waals surface area (Å²) in [5.74, 6) is -0.808. The minimum Gasteiger partial charge on any atom is -0.339 e. The van der Waals surface area contributed by atoms with Gasteiger partial charge in [-0.3, -0.25) is 19.0 Å². The molecule has 1 amide bonds. The van der Waals surface area contributed by atoms with Gasteiger partial charge >= 0.3 is 0 Å². The lowest BCUT2D eigenvalue weighted by Gasteiger charge is -2.32. The number of pyridine rings is 1. The normalized spacial score (nSPS) is 14.5. The van der Waals surface area contributed by atoms with Crippen molar-refractivity contribution in [3.63, 3.8) is 0 Å². The van der Waals surface area contributed by atoms with Gasteiger partial charge in [-0.2, -0.15) is 10.2 Å². The summed E-state index contributed by atoms with van der Waals surface area (Å²) < 4.78 is 18.0. The first-order valence-corrected chi connectivity index (χ1v) is 11.5. The average molecular weight is 476 g/mol. The molecule has 0 atom stereocenters. The monoisotopic (exact) mass is 475 g/mol. The highest BCUT2D eigenvalue weighted by Gasteiger charge is 2.20. The van der Waals surface area contributed by atoms with E-state index in [0.29, 0.717) is 29.7 Å². The zero-order valence-electron chi connectivity index (χ0n) is 19.7. The van der Waals surface area contributed by atoms with Crippen molar-refractivity contribution in [2.24, 2.45) is 7.05 Å². The van der Waals surface area contributed by atoms with E-state index in [0.717, 1.165) is 18.7 Å². The number of ketones is 1. The van der Waals surface area contributed by atoms with Crippen LogP contribution in [-0.2, 0) is 24.8 Å². The Kier molecular flexibility index (Phi) is 6.12. The van der Waals surface area contributed by atoms with Crippen LogP contribution in [0.4, 0.5) is 4.39 Å². The molecule has 1 aliphatic heterocycles. The molecule has 9 nitrogen and oxygen atoms in total. The summed E-state index contributed by atoms with van der Waals surface area (Å²) in [4.78, 5) is 34.0. The molecule has 1 fully saturated rings. The summed E-state index contributed by atoms with van der Waals surface area (Å²) in [6.07, 6.45) is 5.08. The number of benzene rings is 1. The van der Waals surface area contributed by atoms with E-state index in [-0.39, 0.29) is 35.9 Å². The van der Waals surface area contributed by atoms with E-state index in [4.69, 9.17) is 0 Å². The molecule has 1 aliphatic rings. The number of nitrogens with zero attached hydrogens (tertiary/aromatic N) is 7. The number of fused-ring (bicyclic) bond motifs is 1. The molecule has 3 aromatic heterocycles. The predicted molar refractivity (Wildman–Crippen MR) is 128 cm³/mol. The van der Waals surface area contributed by atoms with Gasteiger partial charge in [0.05, 0.1) is 17.4 Å². The third-order valence-corrected chi connectivity index (χ3v) is 6.26. The van der Waals surface area contributed by atoms with Crippen LogP contribution in [0.15, 0.2) is 48.9 Å². The lowest BCUT2D eigenvalue weighted by atomic mass is 10.0. The second-order valence-corrected chi connectivity index (χ2v) is 8.92. The van der Waals surface area contributed by atoms with Crippen LogP contribution >= 0.6 is 0 Å². The molecule has 0 aliphatic carbocycles. The van der Waals surface area contributed by atoms with Crippen LogP contribution in [0.5, 0.6) is 0 Å². The maximum Gasteiger partial charge on any atom is 0.244 e. The highest BCUT2D eigenvalue weighted by molar-refractivity contribution is 5.96. The van der Waals surface area contributed by atoms with Crippen LogP contribution in [0.1, 0.15) is 16.1 Å². The number of amides is 1. The summed E-state index contributed by atoms with van der Waals surface area (Å²) in [5, 5.41) is 9.17. The van der Waals surface area contributed by atoms with Gasteiger partial charge < -0.3 is 9.80 Å². The summed E-state index contributed by atoms with van der Waals surface area (Å²) >= 11 is 0. The summed E-state index contributed by atoms with van der Waals surface area (Å²) in [7, 11) is 3.84. The molecule has 35 heavy (non-hydrogen) atoms. The Hall–Kier alpha value is -3.92. The Morgan fingerprint density at radius 1 is 1.06 bits per heavy atom. The Balaban J connectivity index is 1.31. The van der Waals surface area contributed by atoms with E-state index < -0.39 is 5.82 Å². The smallest absolute Gasteiger partial charge is 0.244 e. The van der Waals surface area contributed by atoms with Gasteiger partial charge in [-0.1, -0.05) is 6.07 Å². The molecule has 5 rings (SSSR count). The van der Waals surface area contributed by atoms with Gasteiger partial charge in [0.15, 0.2) is 5.78 Å². The van der Waals surface area contributed by atoms with Gasteiger partial charge in [-0.25, -0.2) is 9.37 Å². The van der Waals surface area contributed by atoms with Crippen LogP contribution in [0, 0.1) is 5.82 Å². The Labute approximate surface area is 201 Å². The van der Waals surface area contributed by atoms with Crippen molar-refractivity contribution in [2.75, 3.05) is 33.2 Å². The number of hydrogen-bond acceptors (Lipinski definition) is 6. The number of likely N-dealkylation sites (N-methyl/N-ethyl adjacent to an activating group) is 1. The number of rotatable bonds is 6. The number of carbonyl (C=O) groups excluding carboxylic acids is 2. The van der Waals surface area contributed by atoms with E-state index in [1.165, 1.54) is 10.7 Å². The number of aromatic nitrogens is 5. The van der Waals surface area contributed by atoms with Gasteiger partial charge in [-0.15, -0.1) is 0 Å². The van der Waals surface area contributed by atoms with Gasteiger partial charge in [0.1, 0.15) is 18.1 Å². The minimum absolute atomic E-state index is 0.0126. The molecule has 0 spiro atoms. The van der Waals surface area contributed by atoms with Gasteiger partial charge in [0.25, 0.3) is 0 Å². The quantitative estimate of drug-likeness (QED) is 0.397. The van der Waals surface area contributed by atoms with Crippen LogP contribution in [0.25, 0.3) is 22.2 Å². The molecule has 0 radical (unpaired) electrons. The highest BCUT2D eigenvalue weighted by Crippen LogP contribution is 2.21. The molecule has 1 aromatic carbocycles. The van der Waals surface area contributed by atoms with Crippen molar-refractivity contribution in [1.82, 2.24) is 34.3 Å². The fraction of sp³-hybridized carbons (Fsp3) is 0.320. The molecule has 1 saturated heterocycles. The Bertz CT molecular complexity index is 1400. The number of carbonyl (C=O) groups is 2. The number of halogens is 1. The largest absolute Gasteiger partial charge is 0.339 e. The summed E-state index contributed by atoms with van der Waals surface area (Å²) in [5.41, 5.74) is 2.40. The number of piperazine rings is 1. The van der Waals surface area contributed by atoms with Crippen molar-refractivity contribution in [3.05, 3.63) is 66.0 Å². The van der Waals surface area contributed by atoms with Crippen LogP contribution in [0.3, 0.4) is 0 Å². The molecular formula is C25H26FN7O2. The van der Waals surface area contributed by atoms with Crippen LogP contribution in [0.2, 0.25) is 0 Å². The SMILES string of the molecule is CN1CCN(C(=O)Cn2cc3cc(CC(=O)c4cccc(-c5cnn(C)c5)n4)c(F)cc3n2)CC1. The van der Waals surface area contributed by atoms with Crippen molar-refractivity contribution in [1.29, 1.82) is 0 Å². The molecule has 0 N–H and O–H groups in total. The maximum absolute atomic E-state index is 14.8. The third kappa shape index (κ3) is 4.97. The second kappa shape index (κ2) is 9.38. The standard InChI is InChI=1S/C25H26FN7O2/c1-30-6-8-32(9-7-30)25(35)16-33-15-18-10-17(20(26)12-23(18)29-33)11-24(34)22-5-3-4-21(28-22)19-13-27-31(2)14-19/h3-5,10,12-15H,6-9,11,16H2,1-2H3. The Morgan fingerprint density at radius 2 is 1.86 bits per heavy atom. The van der Waals surface area contributed by atoms with Gasteiger partial charge in [0, 0.05) is 69.1 Å². The lowest BCUT2D eigenvalue weighted by molar-refractivity contribution is -0.133.